The number of Topliss-reactive ketones (excluding diaryl/α,β-unsaturated/α-hetero) is 2. The number of likely N-dealkylation sites (N-methyl/N-ethyl adjacent to an activating group) is 1. The summed E-state index contributed by atoms with van der Waals surface area (Å²) in [5.41, 5.74) is 3.50. The van der Waals surface area contributed by atoms with E-state index in [0.29, 0.717) is 53.5 Å². The van der Waals surface area contributed by atoms with Gasteiger partial charge in [0, 0.05) is 55.2 Å². The molecular formula is C34H35F3N4O3. The lowest BCUT2D eigenvalue weighted by Crippen LogP contribution is -2.31. The number of benzene rings is 2. The molecule has 1 aliphatic carbocycles. The highest BCUT2D eigenvalue weighted by Gasteiger charge is 2.35. The average Bonchev–Trinajstić information content (AvgIpc) is 3.61. The van der Waals surface area contributed by atoms with E-state index in [-0.39, 0.29) is 29.9 Å². The van der Waals surface area contributed by atoms with Crippen LogP contribution in [0.1, 0.15) is 67.6 Å². The van der Waals surface area contributed by atoms with Gasteiger partial charge in [0.2, 0.25) is 0 Å². The number of pyridine rings is 1. The smallest absolute Gasteiger partial charge is 0.321 e. The van der Waals surface area contributed by atoms with E-state index in [1.807, 2.05) is 19.0 Å². The third-order valence-electron chi connectivity index (χ3n) is 8.42. The molecule has 3 aromatic rings. The Labute approximate surface area is 254 Å². The van der Waals surface area contributed by atoms with Crippen molar-refractivity contribution in [3.63, 3.8) is 0 Å². The zero-order valence-electron chi connectivity index (χ0n) is 25.2. The maximum Gasteiger partial charge on any atom is 0.416 e. The number of alkyl halides is 3. The number of fused-ring (bicyclic) bond motifs is 1. The number of rotatable bonds is 9. The summed E-state index contributed by atoms with van der Waals surface area (Å²) in [7, 11) is 3.93. The molecule has 2 heterocycles. The standard InChI is InChI=1S/C34H35F3N4O3/c1-20-5-6-22(11-29(20)33(44)39-27-14-26-13-25(21(2)42)16-31(26)38-17-27)12-32(43)23-7-8-24(30(15-23)34(35,36)37)18-41-10-9-28(19-41)40(3)4/h5-8,11,13-15,17,28H,9-10,12,16,18-19H2,1-4H3,(H,39,44). The lowest BCUT2D eigenvalue weighted by molar-refractivity contribution is -0.138. The van der Waals surface area contributed by atoms with Crippen molar-refractivity contribution < 1.29 is 27.6 Å². The first-order valence-corrected chi connectivity index (χ1v) is 14.5. The van der Waals surface area contributed by atoms with Crippen molar-refractivity contribution in [1.29, 1.82) is 0 Å². The van der Waals surface area contributed by atoms with E-state index in [9.17, 15) is 27.6 Å². The predicted molar refractivity (Wildman–Crippen MR) is 163 cm³/mol. The van der Waals surface area contributed by atoms with Gasteiger partial charge in [0.15, 0.2) is 11.6 Å². The van der Waals surface area contributed by atoms with Crippen molar-refractivity contribution in [1.82, 2.24) is 14.8 Å². The molecule has 0 saturated carbocycles. The van der Waals surface area contributed by atoms with Gasteiger partial charge in [-0.05, 0) is 80.9 Å². The first-order chi connectivity index (χ1) is 20.8. The minimum atomic E-state index is -4.60. The minimum absolute atomic E-state index is 0.0255. The summed E-state index contributed by atoms with van der Waals surface area (Å²) in [6.45, 7) is 4.83. The van der Waals surface area contributed by atoms with E-state index < -0.39 is 23.4 Å². The molecule has 0 spiro atoms. The molecule has 0 radical (unpaired) electrons. The molecule has 1 saturated heterocycles. The summed E-state index contributed by atoms with van der Waals surface area (Å²) in [5, 5.41) is 2.82. The van der Waals surface area contributed by atoms with E-state index in [4.69, 9.17) is 0 Å². The molecule has 1 atom stereocenters. The van der Waals surface area contributed by atoms with Crippen LogP contribution in [0.4, 0.5) is 18.9 Å². The summed E-state index contributed by atoms with van der Waals surface area (Å²) in [4.78, 5) is 46.6. The van der Waals surface area contributed by atoms with Crippen LogP contribution in [0.3, 0.4) is 0 Å². The van der Waals surface area contributed by atoms with E-state index in [1.54, 1.807) is 37.3 Å². The zero-order valence-corrected chi connectivity index (χ0v) is 25.2. The Morgan fingerprint density at radius 2 is 1.86 bits per heavy atom. The lowest BCUT2D eigenvalue weighted by atomic mass is 9.96. The molecular weight excluding hydrogens is 569 g/mol. The van der Waals surface area contributed by atoms with Gasteiger partial charge in [-0.15, -0.1) is 0 Å². The first-order valence-electron chi connectivity index (χ1n) is 14.5. The number of amides is 1. The Morgan fingerprint density at radius 3 is 2.55 bits per heavy atom. The van der Waals surface area contributed by atoms with Crippen LogP contribution in [0.2, 0.25) is 0 Å². The molecule has 1 N–H and O–H groups in total. The van der Waals surface area contributed by atoms with Crippen LogP contribution < -0.4 is 5.32 Å². The van der Waals surface area contributed by atoms with Crippen LogP contribution in [0.25, 0.3) is 6.08 Å². The second kappa shape index (κ2) is 12.5. The second-order valence-electron chi connectivity index (χ2n) is 11.9. The minimum Gasteiger partial charge on any atom is -0.321 e. The number of allylic oxidation sites excluding steroid dienone is 1. The fourth-order valence-corrected chi connectivity index (χ4v) is 5.78. The first kappa shape index (κ1) is 31.3. The number of ketones is 2. The molecule has 7 nitrogen and oxygen atoms in total. The van der Waals surface area contributed by atoms with Gasteiger partial charge in [-0.25, -0.2) is 0 Å². The maximum atomic E-state index is 14.1. The third-order valence-corrected chi connectivity index (χ3v) is 8.42. The number of nitrogens with zero attached hydrogens (tertiary/aromatic N) is 3. The number of hydrogen-bond donors (Lipinski definition) is 1. The van der Waals surface area contributed by atoms with Crippen molar-refractivity contribution in [3.05, 3.63) is 98.9 Å². The number of halogens is 3. The quantitative estimate of drug-likeness (QED) is 0.313. The fraction of sp³-hybridized carbons (Fsp3) is 0.353. The molecule has 1 aliphatic heterocycles. The molecule has 1 fully saturated rings. The molecule has 2 aromatic carbocycles. The Hall–Kier alpha value is -4.15. The van der Waals surface area contributed by atoms with Crippen LogP contribution in [-0.4, -0.2) is 65.5 Å². The van der Waals surface area contributed by atoms with Crippen LogP contribution in [0.5, 0.6) is 0 Å². The van der Waals surface area contributed by atoms with Gasteiger partial charge in [0.25, 0.3) is 5.91 Å². The van der Waals surface area contributed by atoms with Crippen molar-refractivity contribution in [3.8, 4) is 0 Å². The summed E-state index contributed by atoms with van der Waals surface area (Å²) in [6, 6.07) is 10.9. The summed E-state index contributed by atoms with van der Waals surface area (Å²) >= 11 is 0. The number of aromatic nitrogens is 1. The number of carbonyl (C=O) groups is 3. The number of anilines is 1. The molecule has 10 heteroatoms. The van der Waals surface area contributed by atoms with Gasteiger partial charge in [0.1, 0.15) is 0 Å². The summed E-state index contributed by atoms with van der Waals surface area (Å²) < 4.78 is 42.3. The summed E-state index contributed by atoms with van der Waals surface area (Å²) in [6.07, 6.45) is -0.115. The number of hydrogen-bond acceptors (Lipinski definition) is 6. The maximum absolute atomic E-state index is 14.1. The molecule has 44 heavy (non-hydrogen) atoms. The fourth-order valence-electron chi connectivity index (χ4n) is 5.78. The van der Waals surface area contributed by atoms with E-state index in [1.165, 1.54) is 25.3 Å². The van der Waals surface area contributed by atoms with Crippen molar-refractivity contribution in [2.24, 2.45) is 0 Å². The van der Waals surface area contributed by atoms with Gasteiger partial charge < -0.3 is 10.2 Å². The molecule has 2 aliphatic rings. The zero-order chi connectivity index (χ0) is 31.8. The SMILES string of the molecule is CC(=O)C1=Cc2cc(NC(=O)c3cc(CC(=O)c4ccc(CN5CCC(N(C)C)C5)c(C(F)(F)F)c4)ccc3C)cnc2C1. The van der Waals surface area contributed by atoms with Crippen LogP contribution in [0.15, 0.2) is 54.2 Å². The van der Waals surface area contributed by atoms with Crippen molar-refractivity contribution in [2.75, 3.05) is 32.5 Å². The molecule has 1 unspecified atom stereocenters. The molecule has 1 amide bonds. The van der Waals surface area contributed by atoms with Gasteiger partial charge in [0.05, 0.1) is 23.1 Å². The van der Waals surface area contributed by atoms with Crippen LogP contribution >= 0.6 is 0 Å². The van der Waals surface area contributed by atoms with Crippen molar-refractivity contribution >= 4 is 29.2 Å². The number of nitrogens with one attached hydrogen (secondary N) is 1. The lowest BCUT2D eigenvalue weighted by Gasteiger charge is -2.22. The highest BCUT2D eigenvalue weighted by molar-refractivity contribution is 6.06. The molecule has 0 bridgehead atoms. The van der Waals surface area contributed by atoms with Gasteiger partial charge in [-0.3, -0.25) is 24.3 Å². The van der Waals surface area contributed by atoms with Crippen molar-refractivity contribution in [2.45, 2.75) is 51.9 Å². The van der Waals surface area contributed by atoms with Crippen LogP contribution in [-0.2, 0) is 30.4 Å². The average molecular weight is 605 g/mol. The Kier molecular flexibility index (Phi) is 8.85. The Balaban J connectivity index is 1.30. The third kappa shape index (κ3) is 6.97. The Morgan fingerprint density at radius 1 is 1.09 bits per heavy atom. The molecule has 230 valence electrons. The molecule has 5 rings (SSSR count). The number of carbonyl (C=O) groups excluding carboxylic acids is 3. The van der Waals surface area contributed by atoms with Gasteiger partial charge >= 0.3 is 6.18 Å². The van der Waals surface area contributed by atoms with Crippen LogP contribution in [0, 0.1) is 6.92 Å². The predicted octanol–water partition coefficient (Wildman–Crippen LogP) is 5.75. The highest BCUT2D eigenvalue weighted by atomic mass is 19.4. The highest BCUT2D eigenvalue weighted by Crippen LogP contribution is 2.34. The molecule has 1 aromatic heterocycles. The summed E-state index contributed by atoms with van der Waals surface area (Å²) in [5.74, 6) is -0.905. The van der Waals surface area contributed by atoms with Gasteiger partial charge in [-0.1, -0.05) is 24.3 Å². The number of likely N-dealkylation sites (tertiary alicyclic amines) is 1. The second-order valence-corrected chi connectivity index (χ2v) is 11.9. The van der Waals surface area contributed by atoms with E-state index >= 15 is 0 Å². The van der Waals surface area contributed by atoms with E-state index in [2.05, 4.69) is 15.2 Å². The topological polar surface area (TPSA) is 82.6 Å². The van der Waals surface area contributed by atoms with Gasteiger partial charge in [-0.2, -0.15) is 13.2 Å². The normalized spacial score (nSPS) is 16.6. The Bertz CT molecular complexity index is 1660. The number of aryl methyl sites for hydroxylation is 1. The monoisotopic (exact) mass is 604 g/mol. The van der Waals surface area contributed by atoms with E-state index in [0.717, 1.165) is 23.7 Å². The largest absolute Gasteiger partial charge is 0.416 e.